The molecule has 8 heteroatoms. The highest BCUT2D eigenvalue weighted by atomic mass is 32.2. The summed E-state index contributed by atoms with van der Waals surface area (Å²) >= 11 is 0. The van der Waals surface area contributed by atoms with Gasteiger partial charge in [0.15, 0.2) is 5.76 Å². The second kappa shape index (κ2) is 9.26. The van der Waals surface area contributed by atoms with Crippen molar-refractivity contribution in [1.82, 2.24) is 14.4 Å². The minimum absolute atomic E-state index is 0.0148. The third-order valence-corrected chi connectivity index (χ3v) is 7.99. The first-order valence-electron chi connectivity index (χ1n) is 10.7. The normalized spacial score (nSPS) is 15.7. The number of aromatic nitrogens is 1. The number of benzene rings is 2. The number of hydrogen-bond donors (Lipinski definition) is 0. The van der Waals surface area contributed by atoms with E-state index in [9.17, 15) is 13.2 Å². The molecule has 0 N–H and O–H groups in total. The maximum absolute atomic E-state index is 13.7. The minimum atomic E-state index is -3.74. The lowest BCUT2D eigenvalue weighted by atomic mass is 9.90. The fourth-order valence-corrected chi connectivity index (χ4v) is 6.04. The number of sulfonamides is 1. The van der Waals surface area contributed by atoms with Crippen molar-refractivity contribution in [2.75, 3.05) is 26.2 Å². The van der Waals surface area contributed by atoms with Gasteiger partial charge in [-0.05, 0) is 31.4 Å². The molecule has 0 saturated carbocycles. The van der Waals surface area contributed by atoms with Crippen molar-refractivity contribution in [2.45, 2.75) is 31.1 Å². The van der Waals surface area contributed by atoms with E-state index in [1.54, 1.807) is 18.7 Å². The Hall–Kier alpha value is -2.97. The molecule has 1 aliphatic heterocycles. The molecule has 168 valence electrons. The lowest BCUT2D eigenvalue weighted by Crippen LogP contribution is -2.39. The van der Waals surface area contributed by atoms with Gasteiger partial charge in [-0.1, -0.05) is 65.8 Å². The predicted molar refractivity (Wildman–Crippen MR) is 121 cm³/mol. The fraction of sp³-hybridized carbons (Fsp3) is 0.333. The Bertz CT molecular complexity index is 1120. The predicted octanol–water partition coefficient (Wildman–Crippen LogP) is 3.35. The Morgan fingerprint density at radius 3 is 2.03 bits per heavy atom. The number of carbonyl (C=O) groups is 1. The number of rotatable bonds is 5. The van der Waals surface area contributed by atoms with Crippen molar-refractivity contribution < 1.29 is 17.7 Å². The molecular weight excluding hydrogens is 426 g/mol. The Balaban J connectivity index is 1.57. The van der Waals surface area contributed by atoms with Crippen LogP contribution >= 0.6 is 0 Å². The van der Waals surface area contributed by atoms with E-state index in [1.807, 2.05) is 60.7 Å². The van der Waals surface area contributed by atoms with E-state index >= 15 is 0 Å². The van der Waals surface area contributed by atoms with Gasteiger partial charge in [0.25, 0.3) is 0 Å². The van der Waals surface area contributed by atoms with Crippen molar-refractivity contribution in [3.05, 3.63) is 83.2 Å². The Morgan fingerprint density at radius 1 is 0.906 bits per heavy atom. The van der Waals surface area contributed by atoms with Crippen LogP contribution < -0.4 is 0 Å². The van der Waals surface area contributed by atoms with E-state index in [1.165, 1.54) is 4.31 Å². The van der Waals surface area contributed by atoms with Gasteiger partial charge in [-0.3, -0.25) is 4.79 Å². The summed E-state index contributed by atoms with van der Waals surface area (Å²) in [5.41, 5.74) is 2.20. The van der Waals surface area contributed by atoms with E-state index in [0.29, 0.717) is 31.7 Å². The summed E-state index contributed by atoms with van der Waals surface area (Å²) in [6.45, 7) is 4.64. The molecular formula is C24H27N3O4S. The van der Waals surface area contributed by atoms with E-state index in [4.69, 9.17) is 4.52 Å². The molecule has 1 fully saturated rings. The summed E-state index contributed by atoms with van der Waals surface area (Å²) in [6.07, 6.45) is 0.560. The van der Waals surface area contributed by atoms with Crippen LogP contribution in [0.3, 0.4) is 0 Å². The van der Waals surface area contributed by atoms with Crippen molar-refractivity contribution in [1.29, 1.82) is 0 Å². The van der Waals surface area contributed by atoms with Gasteiger partial charge in [0, 0.05) is 26.2 Å². The average molecular weight is 454 g/mol. The third kappa shape index (κ3) is 4.33. The van der Waals surface area contributed by atoms with Crippen LogP contribution in [0.5, 0.6) is 0 Å². The Morgan fingerprint density at radius 2 is 1.50 bits per heavy atom. The summed E-state index contributed by atoms with van der Waals surface area (Å²) in [6, 6.07) is 19.4. The monoisotopic (exact) mass is 453 g/mol. The zero-order chi connectivity index (χ0) is 22.7. The number of amides is 1. The van der Waals surface area contributed by atoms with Crippen molar-refractivity contribution in [3.8, 4) is 0 Å². The van der Waals surface area contributed by atoms with Crippen LogP contribution in [0, 0.1) is 13.8 Å². The van der Waals surface area contributed by atoms with Gasteiger partial charge >= 0.3 is 0 Å². The van der Waals surface area contributed by atoms with Gasteiger partial charge < -0.3 is 9.42 Å². The molecule has 0 unspecified atom stereocenters. The first kappa shape index (κ1) is 22.2. The summed E-state index contributed by atoms with van der Waals surface area (Å²) in [5.74, 6) is -0.157. The molecule has 1 aromatic heterocycles. The molecule has 1 aliphatic rings. The zero-order valence-electron chi connectivity index (χ0n) is 18.3. The maximum Gasteiger partial charge on any atom is 0.248 e. The summed E-state index contributed by atoms with van der Waals surface area (Å²) in [5, 5.41) is 3.79. The van der Waals surface area contributed by atoms with Crippen LogP contribution in [0.25, 0.3) is 0 Å². The number of nitrogens with zero attached hydrogens (tertiary/aromatic N) is 3. The summed E-state index contributed by atoms with van der Waals surface area (Å²) in [7, 11) is -3.74. The van der Waals surface area contributed by atoms with Crippen LogP contribution in [0.15, 0.2) is 70.1 Å². The largest absolute Gasteiger partial charge is 0.360 e. The van der Waals surface area contributed by atoms with Gasteiger partial charge in [0.05, 0.1) is 5.92 Å². The first-order chi connectivity index (χ1) is 15.4. The molecule has 32 heavy (non-hydrogen) atoms. The van der Waals surface area contributed by atoms with E-state index < -0.39 is 15.9 Å². The van der Waals surface area contributed by atoms with Gasteiger partial charge in [-0.2, -0.15) is 4.31 Å². The highest BCUT2D eigenvalue weighted by Crippen LogP contribution is 2.28. The molecule has 1 amide bonds. The molecule has 0 bridgehead atoms. The smallest absolute Gasteiger partial charge is 0.248 e. The molecule has 0 radical (unpaired) electrons. The van der Waals surface area contributed by atoms with E-state index in [-0.39, 0.29) is 23.1 Å². The summed E-state index contributed by atoms with van der Waals surface area (Å²) in [4.78, 5) is 15.6. The quantitative estimate of drug-likeness (QED) is 0.592. The Kier molecular flexibility index (Phi) is 6.43. The zero-order valence-corrected chi connectivity index (χ0v) is 19.1. The second-order valence-electron chi connectivity index (χ2n) is 7.99. The third-order valence-electron chi connectivity index (χ3n) is 5.85. The van der Waals surface area contributed by atoms with Crippen LogP contribution in [-0.4, -0.2) is 54.9 Å². The lowest BCUT2D eigenvalue weighted by molar-refractivity contribution is -0.131. The van der Waals surface area contributed by atoms with E-state index in [0.717, 1.165) is 11.1 Å². The molecule has 0 spiro atoms. The molecule has 7 nitrogen and oxygen atoms in total. The minimum Gasteiger partial charge on any atom is -0.360 e. The van der Waals surface area contributed by atoms with Gasteiger partial charge in [0.2, 0.25) is 15.9 Å². The van der Waals surface area contributed by atoms with E-state index in [2.05, 4.69) is 5.16 Å². The number of aryl methyl sites for hydroxylation is 2. The second-order valence-corrected chi connectivity index (χ2v) is 9.87. The lowest BCUT2D eigenvalue weighted by Gasteiger charge is -2.27. The molecule has 0 aliphatic carbocycles. The van der Waals surface area contributed by atoms with Crippen molar-refractivity contribution in [3.63, 3.8) is 0 Å². The molecule has 2 heterocycles. The standard InChI is InChI=1S/C24H27N3O4S/c1-18-23(19(2)31-25-18)32(29,30)27-15-9-14-26(16-17-27)24(28)22(20-10-5-3-6-11-20)21-12-7-4-8-13-21/h3-8,10-13,22H,9,14-17H2,1-2H3. The topological polar surface area (TPSA) is 83.7 Å². The first-order valence-corrected chi connectivity index (χ1v) is 12.2. The van der Waals surface area contributed by atoms with Gasteiger partial charge in [0.1, 0.15) is 10.6 Å². The van der Waals surface area contributed by atoms with Crippen LogP contribution in [0.1, 0.15) is 34.9 Å². The maximum atomic E-state index is 13.7. The van der Waals surface area contributed by atoms with Gasteiger partial charge in [-0.25, -0.2) is 8.42 Å². The van der Waals surface area contributed by atoms with Crippen molar-refractivity contribution >= 4 is 15.9 Å². The average Bonchev–Trinajstić information content (AvgIpc) is 2.99. The molecule has 0 atom stereocenters. The van der Waals surface area contributed by atoms with Crippen LogP contribution in [0.4, 0.5) is 0 Å². The molecule has 4 rings (SSSR count). The van der Waals surface area contributed by atoms with Crippen molar-refractivity contribution in [2.24, 2.45) is 0 Å². The molecule has 1 saturated heterocycles. The van der Waals surface area contributed by atoms with Gasteiger partial charge in [-0.15, -0.1) is 0 Å². The van der Waals surface area contributed by atoms with Crippen LogP contribution in [-0.2, 0) is 14.8 Å². The summed E-state index contributed by atoms with van der Waals surface area (Å²) < 4.78 is 32.9. The SMILES string of the molecule is Cc1noc(C)c1S(=O)(=O)N1CCCN(C(=O)C(c2ccccc2)c2ccccc2)CC1. The van der Waals surface area contributed by atoms with Crippen LogP contribution in [0.2, 0.25) is 0 Å². The Labute approximate surface area is 188 Å². The number of hydrogen-bond acceptors (Lipinski definition) is 5. The molecule has 2 aromatic carbocycles. The number of carbonyl (C=O) groups excluding carboxylic acids is 1. The fourth-order valence-electron chi connectivity index (χ4n) is 4.28. The highest BCUT2D eigenvalue weighted by molar-refractivity contribution is 7.89. The highest BCUT2D eigenvalue weighted by Gasteiger charge is 2.34. The molecule has 3 aromatic rings.